The van der Waals surface area contributed by atoms with Crippen LogP contribution in [0.2, 0.25) is 0 Å². The molecule has 1 heterocycles. The third-order valence-corrected chi connectivity index (χ3v) is 4.75. The number of piperidine rings is 1. The van der Waals surface area contributed by atoms with E-state index in [-0.39, 0.29) is 11.9 Å². The molecule has 1 fully saturated rings. The van der Waals surface area contributed by atoms with Crippen LogP contribution in [0.4, 0.5) is 5.69 Å². The number of nitrogens with zero attached hydrogens (tertiary/aromatic N) is 1. The van der Waals surface area contributed by atoms with Gasteiger partial charge >= 0.3 is 0 Å². The molecule has 2 rings (SSSR count). The molecular formula is C20H32N2O3. The van der Waals surface area contributed by atoms with E-state index in [2.05, 4.69) is 19.2 Å². The molecule has 1 aliphatic heterocycles. The van der Waals surface area contributed by atoms with Crippen LogP contribution >= 0.6 is 0 Å². The maximum atomic E-state index is 12.9. The average molecular weight is 348 g/mol. The van der Waals surface area contributed by atoms with E-state index in [0.29, 0.717) is 31.0 Å². The van der Waals surface area contributed by atoms with Crippen LogP contribution in [0.3, 0.4) is 0 Å². The number of benzene rings is 1. The van der Waals surface area contributed by atoms with Crippen molar-refractivity contribution in [3.05, 3.63) is 18.2 Å². The van der Waals surface area contributed by atoms with Gasteiger partial charge in [-0.05, 0) is 66.0 Å². The van der Waals surface area contributed by atoms with E-state index in [1.807, 2.05) is 43.9 Å². The lowest BCUT2D eigenvalue weighted by molar-refractivity contribution is -0.137. The number of hydrogen-bond acceptors (Lipinski definition) is 4. The third-order valence-electron chi connectivity index (χ3n) is 4.75. The SMILES string of the molecule is CCOc1ccc(N[C@@H](C)C(=O)N2[C@H](C)CCC[C@@H]2C)cc1OCC. The van der Waals surface area contributed by atoms with Crippen molar-refractivity contribution in [3.63, 3.8) is 0 Å². The van der Waals surface area contributed by atoms with Gasteiger partial charge in [-0.2, -0.15) is 0 Å². The fraction of sp³-hybridized carbons (Fsp3) is 0.650. The summed E-state index contributed by atoms with van der Waals surface area (Å²) in [5.41, 5.74) is 0.866. The second-order valence-electron chi connectivity index (χ2n) is 6.77. The highest BCUT2D eigenvalue weighted by Gasteiger charge is 2.31. The summed E-state index contributed by atoms with van der Waals surface area (Å²) in [5.74, 6) is 1.59. The van der Waals surface area contributed by atoms with Gasteiger partial charge in [0.15, 0.2) is 11.5 Å². The third kappa shape index (κ3) is 4.80. The predicted molar refractivity (Wildman–Crippen MR) is 101 cm³/mol. The summed E-state index contributed by atoms with van der Waals surface area (Å²) >= 11 is 0. The molecule has 1 saturated heterocycles. The van der Waals surface area contributed by atoms with Crippen molar-refractivity contribution in [3.8, 4) is 11.5 Å². The molecule has 0 aliphatic carbocycles. The average Bonchev–Trinajstić information content (AvgIpc) is 2.57. The number of hydrogen-bond donors (Lipinski definition) is 1. The number of anilines is 1. The number of ether oxygens (including phenoxy) is 2. The minimum atomic E-state index is -0.282. The Labute approximate surface area is 151 Å². The van der Waals surface area contributed by atoms with Gasteiger partial charge in [0.05, 0.1) is 13.2 Å². The second-order valence-corrected chi connectivity index (χ2v) is 6.77. The zero-order valence-corrected chi connectivity index (χ0v) is 16.2. The molecule has 140 valence electrons. The van der Waals surface area contributed by atoms with Crippen molar-refractivity contribution in [2.45, 2.75) is 72.0 Å². The Morgan fingerprint density at radius 1 is 1.16 bits per heavy atom. The first-order valence-electron chi connectivity index (χ1n) is 9.46. The van der Waals surface area contributed by atoms with Crippen LogP contribution in [0.25, 0.3) is 0 Å². The minimum Gasteiger partial charge on any atom is -0.490 e. The van der Waals surface area contributed by atoms with Gasteiger partial charge in [0.1, 0.15) is 6.04 Å². The lowest BCUT2D eigenvalue weighted by Gasteiger charge is -2.40. The zero-order valence-electron chi connectivity index (χ0n) is 16.2. The zero-order chi connectivity index (χ0) is 18.4. The van der Waals surface area contributed by atoms with Gasteiger partial charge in [0.25, 0.3) is 0 Å². The molecular weight excluding hydrogens is 316 g/mol. The molecule has 0 saturated carbocycles. The van der Waals surface area contributed by atoms with Crippen LogP contribution in [0, 0.1) is 0 Å². The van der Waals surface area contributed by atoms with Gasteiger partial charge in [0.2, 0.25) is 5.91 Å². The van der Waals surface area contributed by atoms with Crippen molar-refractivity contribution in [1.29, 1.82) is 0 Å². The van der Waals surface area contributed by atoms with Crippen molar-refractivity contribution in [2.75, 3.05) is 18.5 Å². The molecule has 25 heavy (non-hydrogen) atoms. The number of amides is 1. The van der Waals surface area contributed by atoms with Gasteiger partial charge < -0.3 is 19.7 Å². The van der Waals surface area contributed by atoms with E-state index in [9.17, 15) is 4.79 Å². The molecule has 5 heteroatoms. The number of likely N-dealkylation sites (tertiary alicyclic amines) is 1. The molecule has 1 aliphatic rings. The second kappa shape index (κ2) is 8.97. The predicted octanol–water partition coefficient (Wildman–Crippen LogP) is 4.07. The Morgan fingerprint density at radius 3 is 2.36 bits per heavy atom. The standard InChI is InChI=1S/C20H32N2O3/c1-6-24-18-12-11-17(13-19(18)25-7-2)21-16(5)20(23)22-14(3)9-8-10-15(22)4/h11-16,21H,6-10H2,1-5H3/t14-,15+,16-/m0/s1. The quantitative estimate of drug-likeness (QED) is 0.807. The summed E-state index contributed by atoms with van der Waals surface area (Å²) in [4.78, 5) is 15.0. The van der Waals surface area contributed by atoms with Crippen molar-refractivity contribution in [1.82, 2.24) is 4.90 Å². The number of carbonyl (C=O) groups is 1. The van der Waals surface area contributed by atoms with Gasteiger partial charge in [-0.3, -0.25) is 4.79 Å². The van der Waals surface area contributed by atoms with Crippen LogP contribution in [0.1, 0.15) is 53.9 Å². The van der Waals surface area contributed by atoms with Crippen molar-refractivity contribution < 1.29 is 14.3 Å². The summed E-state index contributed by atoms with van der Waals surface area (Å²) < 4.78 is 11.3. The molecule has 0 spiro atoms. The largest absolute Gasteiger partial charge is 0.490 e. The van der Waals surface area contributed by atoms with Gasteiger partial charge in [-0.25, -0.2) is 0 Å². The molecule has 1 N–H and O–H groups in total. The topological polar surface area (TPSA) is 50.8 Å². The molecule has 1 aromatic rings. The van der Waals surface area contributed by atoms with Gasteiger partial charge in [-0.1, -0.05) is 0 Å². The normalized spacial score (nSPS) is 21.6. The fourth-order valence-electron chi connectivity index (χ4n) is 3.53. The van der Waals surface area contributed by atoms with Crippen LogP contribution < -0.4 is 14.8 Å². The molecule has 5 nitrogen and oxygen atoms in total. The van der Waals surface area contributed by atoms with Crippen LogP contribution in [0.15, 0.2) is 18.2 Å². The highest BCUT2D eigenvalue weighted by atomic mass is 16.5. The summed E-state index contributed by atoms with van der Waals surface area (Å²) in [6, 6.07) is 6.05. The van der Waals surface area contributed by atoms with E-state index in [1.165, 1.54) is 6.42 Å². The molecule has 3 atom stereocenters. The lowest BCUT2D eigenvalue weighted by atomic mass is 9.96. The van der Waals surface area contributed by atoms with Crippen LogP contribution in [-0.2, 0) is 4.79 Å². The first kappa shape index (κ1) is 19.4. The highest BCUT2D eigenvalue weighted by molar-refractivity contribution is 5.85. The molecule has 1 aromatic carbocycles. The maximum Gasteiger partial charge on any atom is 0.245 e. The van der Waals surface area contributed by atoms with E-state index >= 15 is 0 Å². The molecule has 1 amide bonds. The Morgan fingerprint density at radius 2 is 1.76 bits per heavy atom. The van der Waals surface area contributed by atoms with E-state index in [1.54, 1.807) is 0 Å². The summed E-state index contributed by atoms with van der Waals surface area (Å²) in [5, 5.41) is 3.32. The minimum absolute atomic E-state index is 0.159. The molecule has 0 radical (unpaired) electrons. The van der Waals surface area contributed by atoms with Crippen LogP contribution in [-0.4, -0.2) is 42.1 Å². The number of rotatable bonds is 7. The number of carbonyl (C=O) groups excluding carboxylic acids is 1. The Bertz CT molecular complexity index is 566. The Hall–Kier alpha value is -1.91. The Kier molecular flexibility index (Phi) is 6.97. The lowest BCUT2D eigenvalue weighted by Crippen LogP contribution is -2.52. The maximum absolute atomic E-state index is 12.9. The van der Waals surface area contributed by atoms with Crippen LogP contribution in [0.5, 0.6) is 11.5 Å². The smallest absolute Gasteiger partial charge is 0.245 e. The molecule has 0 unspecified atom stereocenters. The first-order chi connectivity index (χ1) is 12.0. The number of nitrogens with one attached hydrogen (secondary N) is 1. The summed E-state index contributed by atoms with van der Waals surface area (Å²) in [6.45, 7) is 11.3. The van der Waals surface area contributed by atoms with Gasteiger partial charge in [-0.15, -0.1) is 0 Å². The summed E-state index contributed by atoms with van der Waals surface area (Å²) in [7, 11) is 0. The van der Waals surface area contributed by atoms with E-state index < -0.39 is 0 Å². The highest BCUT2D eigenvalue weighted by Crippen LogP contribution is 2.31. The van der Waals surface area contributed by atoms with E-state index in [0.717, 1.165) is 24.3 Å². The monoisotopic (exact) mass is 348 g/mol. The van der Waals surface area contributed by atoms with Gasteiger partial charge in [0, 0.05) is 23.8 Å². The fourth-order valence-corrected chi connectivity index (χ4v) is 3.53. The van der Waals surface area contributed by atoms with Crippen molar-refractivity contribution in [2.24, 2.45) is 0 Å². The molecule has 0 aromatic heterocycles. The molecule has 0 bridgehead atoms. The summed E-state index contributed by atoms with van der Waals surface area (Å²) in [6.07, 6.45) is 3.37. The van der Waals surface area contributed by atoms with Crippen molar-refractivity contribution >= 4 is 11.6 Å². The Balaban J connectivity index is 2.09. The van der Waals surface area contributed by atoms with E-state index in [4.69, 9.17) is 9.47 Å². The first-order valence-corrected chi connectivity index (χ1v) is 9.46.